The zero-order chi connectivity index (χ0) is 19.6. The molecule has 0 aliphatic heterocycles. The molecule has 3 nitrogen and oxygen atoms in total. The molecule has 2 rings (SSSR count). The summed E-state index contributed by atoms with van der Waals surface area (Å²) in [6.45, 7) is 1.71. The third-order valence-corrected chi connectivity index (χ3v) is 6.93. The van der Waals surface area contributed by atoms with Crippen molar-refractivity contribution in [1.29, 1.82) is 0 Å². The molecule has 0 aromatic carbocycles. The van der Waals surface area contributed by atoms with Gasteiger partial charge in [0, 0.05) is 6.42 Å². The lowest BCUT2D eigenvalue weighted by Crippen LogP contribution is -2.32. The largest absolute Gasteiger partial charge is 0.391 e. The molecule has 27 heavy (non-hydrogen) atoms. The van der Waals surface area contributed by atoms with Gasteiger partial charge in [0.15, 0.2) is 5.79 Å². The molecule has 2 aliphatic rings. The standard InChI is InChI=1S/C24H42O3/c1-2-3-15-23(17-10-18-23)16-9-14-22-13-8-12-21(22)11-6-4-5-7-19-24(26,27)20-25/h4,6,9,14,21-22,25-27H,2-3,5,7-8,10-13,15-20H2,1H3/b6-4-,14-9+/t21-,22+/m0/s1. The van der Waals surface area contributed by atoms with Gasteiger partial charge in [0.2, 0.25) is 0 Å². The number of rotatable bonds is 13. The highest BCUT2D eigenvalue weighted by atomic mass is 16.5. The lowest BCUT2D eigenvalue weighted by molar-refractivity contribution is -0.191. The first-order valence-electron chi connectivity index (χ1n) is 11.4. The second-order valence-corrected chi connectivity index (χ2v) is 9.18. The quantitative estimate of drug-likeness (QED) is 0.225. The van der Waals surface area contributed by atoms with Gasteiger partial charge in [0.25, 0.3) is 0 Å². The van der Waals surface area contributed by atoms with Crippen molar-refractivity contribution in [3.05, 3.63) is 24.3 Å². The molecule has 0 heterocycles. The topological polar surface area (TPSA) is 60.7 Å². The number of aliphatic hydroxyl groups excluding tert-OH is 1. The summed E-state index contributed by atoms with van der Waals surface area (Å²) in [5.74, 6) is -0.392. The van der Waals surface area contributed by atoms with E-state index in [4.69, 9.17) is 5.11 Å². The Morgan fingerprint density at radius 3 is 2.52 bits per heavy atom. The summed E-state index contributed by atoms with van der Waals surface area (Å²) in [6, 6.07) is 0. The van der Waals surface area contributed by atoms with Crippen LogP contribution in [-0.2, 0) is 0 Å². The van der Waals surface area contributed by atoms with Gasteiger partial charge < -0.3 is 15.3 Å². The Kier molecular flexibility index (Phi) is 9.55. The molecule has 2 atom stereocenters. The SMILES string of the molecule is CCCCC1(C/C=C/[C@H]2CCC[C@@H]2C/C=C\CCCC(O)(O)CO)CCC1. The maximum atomic E-state index is 9.37. The number of unbranched alkanes of at least 4 members (excludes halogenated alkanes) is 2. The molecule has 0 saturated heterocycles. The lowest BCUT2D eigenvalue weighted by Gasteiger charge is -2.41. The van der Waals surface area contributed by atoms with Gasteiger partial charge in [0.05, 0.1) is 6.61 Å². The van der Waals surface area contributed by atoms with Crippen LogP contribution >= 0.6 is 0 Å². The van der Waals surface area contributed by atoms with E-state index in [0.29, 0.717) is 11.8 Å². The molecule has 0 spiro atoms. The molecule has 2 fully saturated rings. The second-order valence-electron chi connectivity index (χ2n) is 9.18. The Morgan fingerprint density at radius 2 is 1.85 bits per heavy atom. The van der Waals surface area contributed by atoms with Crippen molar-refractivity contribution in [3.8, 4) is 0 Å². The maximum absolute atomic E-state index is 9.37. The number of allylic oxidation sites excluding steroid dienone is 4. The smallest absolute Gasteiger partial charge is 0.186 e. The Labute approximate surface area is 166 Å². The van der Waals surface area contributed by atoms with E-state index in [1.54, 1.807) is 0 Å². The molecule has 0 bridgehead atoms. The van der Waals surface area contributed by atoms with Crippen molar-refractivity contribution >= 4 is 0 Å². The first-order chi connectivity index (χ1) is 13.0. The Bertz CT molecular complexity index is 462. The summed E-state index contributed by atoms with van der Waals surface area (Å²) in [6.07, 6.45) is 26.1. The van der Waals surface area contributed by atoms with Crippen molar-refractivity contribution in [2.45, 2.75) is 103 Å². The van der Waals surface area contributed by atoms with E-state index in [0.717, 1.165) is 24.7 Å². The predicted octanol–water partition coefficient (Wildman–Crippen LogP) is 5.50. The molecule has 3 heteroatoms. The lowest BCUT2D eigenvalue weighted by atomic mass is 9.64. The van der Waals surface area contributed by atoms with E-state index in [-0.39, 0.29) is 6.42 Å². The van der Waals surface area contributed by atoms with Crippen LogP contribution in [0.1, 0.15) is 96.8 Å². The fourth-order valence-electron chi connectivity index (χ4n) is 4.86. The summed E-state index contributed by atoms with van der Waals surface area (Å²) in [5.41, 5.74) is 0.643. The van der Waals surface area contributed by atoms with Crippen molar-refractivity contribution < 1.29 is 15.3 Å². The first-order valence-corrected chi connectivity index (χ1v) is 11.4. The normalized spacial score (nSPS) is 25.5. The van der Waals surface area contributed by atoms with Crippen LogP contribution in [0.25, 0.3) is 0 Å². The average Bonchev–Trinajstić information content (AvgIpc) is 3.07. The predicted molar refractivity (Wildman–Crippen MR) is 112 cm³/mol. The molecule has 156 valence electrons. The van der Waals surface area contributed by atoms with Crippen LogP contribution in [0.4, 0.5) is 0 Å². The average molecular weight is 379 g/mol. The molecule has 0 unspecified atom stereocenters. The van der Waals surface area contributed by atoms with Crippen molar-refractivity contribution in [2.75, 3.05) is 6.61 Å². The van der Waals surface area contributed by atoms with E-state index in [2.05, 4.69) is 31.2 Å². The minimum absolute atomic E-state index is 0.225. The van der Waals surface area contributed by atoms with Crippen molar-refractivity contribution in [3.63, 3.8) is 0 Å². The van der Waals surface area contributed by atoms with Crippen LogP contribution < -0.4 is 0 Å². The van der Waals surface area contributed by atoms with E-state index in [1.807, 2.05) is 0 Å². The Balaban J connectivity index is 1.68. The highest BCUT2D eigenvalue weighted by Crippen LogP contribution is 2.48. The minimum atomic E-state index is -1.91. The summed E-state index contributed by atoms with van der Waals surface area (Å²) in [5, 5.41) is 27.6. The highest BCUT2D eigenvalue weighted by Gasteiger charge is 2.35. The van der Waals surface area contributed by atoms with Gasteiger partial charge in [-0.2, -0.15) is 0 Å². The van der Waals surface area contributed by atoms with Crippen LogP contribution in [0.15, 0.2) is 24.3 Å². The van der Waals surface area contributed by atoms with Crippen LogP contribution in [0.2, 0.25) is 0 Å². The molecular weight excluding hydrogens is 336 g/mol. The van der Waals surface area contributed by atoms with E-state index in [9.17, 15) is 10.2 Å². The third-order valence-electron chi connectivity index (χ3n) is 6.93. The number of hydrogen-bond donors (Lipinski definition) is 3. The molecule has 0 amide bonds. The van der Waals surface area contributed by atoms with Crippen LogP contribution in [0.5, 0.6) is 0 Å². The second kappa shape index (κ2) is 11.4. The van der Waals surface area contributed by atoms with Gasteiger partial charge in [-0.1, -0.05) is 56.9 Å². The van der Waals surface area contributed by atoms with Gasteiger partial charge in [0.1, 0.15) is 0 Å². The van der Waals surface area contributed by atoms with Gasteiger partial charge >= 0.3 is 0 Å². The molecular formula is C24H42O3. The van der Waals surface area contributed by atoms with E-state index in [1.165, 1.54) is 64.2 Å². The summed E-state index contributed by atoms with van der Waals surface area (Å²) >= 11 is 0. The maximum Gasteiger partial charge on any atom is 0.186 e. The van der Waals surface area contributed by atoms with Gasteiger partial charge in [-0.15, -0.1) is 0 Å². The summed E-state index contributed by atoms with van der Waals surface area (Å²) in [7, 11) is 0. The van der Waals surface area contributed by atoms with Crippen molar-refractivity contribution in [2.24, 2.45) is 17.3 Å². The zero-order valence-corrected chi connectivity index (χ0v) is 17.4. The minimum Gasteiger partial charge on any atom is -0.391 e. The Hall–Kier alpha value is -0.640. The number of hydrogen-bond acceptors (Lipinski definition) is 3. The molecule has 2 saturated carbocycles. The highest BCUT2D eigenvalue weighted by molar-refractivity contribution is 5.01. The molecule has 3 N–H and O–H groups in total. The third kappa shape index (κ3) is 7.71. The van der Waals surface area contributed by atoms with E-state index < -0.39 is 12.4 Å². The van der Waals surface area contributed by atoms with Crippen LogP contribution in [0.3, 0.4) is 0 Å². The Morgan fingerprint density at radius 1 is 1.04 bits per heavy atom. The molecule has 0 aromatic rings. The van der Waals surface area contributed by atoms with Gasteiger partial charge in [-0.05, 0) is 75.0 Å². The van der Waals surface area contributed by atoms with Crippen LogP contribution in [-0.4, -0.2) is 27.7 Å². The van der Waals surface area contributed by atoms with Crippen molar-refractivity contribution in [1.82, 2.24) is 0 Å². The number of aliphatic hydroxyl groups is 3. The summed E-state index contributed by atoms with van der Waals surface area (Å²) in [4.78, 5) is 0. The zero-order valence-electron chi connectivity index (χ0n) is 17.4. The fourth-order valence-corrected chi connectivity index (χ4v) is 4.86. The molecule has 0 aromatic heterocycles. The molecule has 2 aliphatic carbocycles. The fraction of sp³-hybridized carbons (Fsp3) is 0.833. The van der Waals surface area contributed by atoms with Gasteiger partial charge in [-0.3, -0.25) is 0 Å². The van der Waals surface area contributed by atoms with Gasteiger partial charge in [-0.25, -0.2) is 0 Å². The molecule has 0 radical (unpaired) electrons. The van der Waals surface area contributed by atoms with E-state index >= 15 is 0 Å². The monoisotopic (exact) mass is 378 g/mol. The summed E-state index contributed by atoms with van der Waals surface area (Å²) < 4.78 is 0. The first kappa shape index (κ1) is 22.6. The van der Waals surface area contributed by atoms with Crippen LogP contribution in [0, 0.1) is 17.3 Å².